The number of aliphatic hydroxyl groups excluding tert-OH is 1. The number of cyclic esters (lactones) is 1. The second-order valence-corrected chi connectivity index (χ2v) is 17.8. The Bertz CT molecular complexity index is 1920. The molecule has 2 aliphatic heterocycles. The Kier molecular flexibility index (Phi) is 17.5. The Labute approximate surface area is 365 Å². The highest BCUT2D eigenvalue weighted by atomic mass is 16.5. The molecule has 5 amide bonds. The Morgan fingerprint density at radius 2 is 1.29 bits per heavy atom. The summed E-state index contributed by atoms with van der Waals surface area (Å²) < 4.78 is 5.91. The summed E-state index contributed by atoms with van der Waals surface area (Å²) in [5, 5.41) is 19.7. The molecular formula is C47H65N5O10. The van der Waals surface area contributed by atoms with E-state index in [4.69, 9.17) is 4.74 Å². The number of piperidine rings is 1. The number of nitrogens with one attached hydrogen (secondary N) is 3. The van der Waals surface area contributed by atoms with E-state index in [0.29, 0.717) is 11.1 Å². The molecule has 0 unspecified atom stereocenters. The lowest BCUT2D eigenvalue weighted by Crippen LogP contribution is -2.62. The minimum absolute atomic E-state index is 0.0172. The summed E-state index contributed by atoms with van der Waals surface area (Å²) in [5.41, 5.74) is 1.39. The van der Waals surface area contributed by atoms with Gasteiger partial charge in [0.05, 0.1) is 18.0 Å². The zero-order chi connectivity index (χ0) is 46.0. The molecule has 0 aliphatic carbocycles. The highest BCUT2D eigenvalue weighted by molar-refractivity contribution is 5.98. The van der Waals surface area contributed by atoms with E-state index in [-0.39, 0.29) is 38.0 Å². The van der Waals surface area contributed by atoms with Crippen molar-refractivity contribution in [2.45, 2.75) is 136 Å². The fourth-order valence-electron chi connectivity index (χ4n) is 7.96. The van der Waals surface area contributed by atoms with Crippen LogP contribution in [0.2, 0.25) is 0 Å². The molecule has 2 bridgehead atoms. The fourth-order valence-corrected chi connectivity index (χ4v) is 7.96. The van der Waals surface area contributed by atoms with Gasteiger partial charge in [-0.3, -0.25) is 33.6 Å². The zero-order valence-corrected chi connectivity index (χ0v) is 37.5. The Morgan fingerprint density at radius 1 is 0.758 bits per heavy atom. The minimum Gasteiger partial charge on any atom is -0.460 e. The summed E-state index contributed by atoms with van der Waals surface area (Å²) in [5.74, 6) is -8.74. The number of esters is 1. The van der Waals surface area contributed by atoms with Crippen LogP contribution in [0.1, 0.15) is 92.2 Å². The van der Waals surface area contributed by atoms with Crippen LogP contribution in [0.15, 0.2) is 60.7 Å². The van der Waals surface area contributed by atoms with Gasteiger partial charge in [0.15, 0.2) is 11.6 Å². The Morgan fingerprint density at radius 3 is 1.82 bits per heavy atom. The summed E-state index contributed by atoms with van der Waals surface area (Å²) in [6.07, 6.45) is -3.26. The average molecular weight is 860 g/mol. The monoisotopic (exact) mass is 859 g/mol. The van der Waals surface area contributed by atoms with E-state index in [1.165, 1.54) is 25.8 Å². The van der Waals surface area contributed by atoms with Crippen molar-refractivity contribution >= 4 is 47.1 Å². The van der Waals surface area contributed by atoms with Gasteiger partial charge in [0.1, 0.15) is 30.5 Å². The maximum Gasteiger partial charge on any atom is 0.329 e. The number of benzene rings is 2. The van der Waals surface area contributed by atoms with Crippen LogP contribution in [0.3, 0.4) is 0 Å². The minimum atomic E-state index is -1.39. The first kappa shape index (κ1) is 49.2. The van der Waals surface area contributed by atoms with Crippen molar-refractivity contribution in [3.8, 4) is 0 Å². The van der Waals surface area contributed by atoms with E-state index in [1.807, 2.05) is 6.07 Å². The van der Waals surface area contributed by atoms with Gasteiger partial charge < -0.3 is 35.6 Å². The number of hydrogen-bond acceptors (Lipinski definition) is 10. The molecular weight excluding hydrogens is 795 g/mol. The molecule has 15 heteroatoms. The SMILES string of the molecule is CC(C)C(=O)N[C@@H](C)C(=O)C[C@@H]1C(=O)N[C@@H](C(C)C)C(=O)C[C@H]2CC[C@@H](O)N(C2=O)[C@@H](Cc2ccccc2)C(=O)N(C)[C@@H](Cc2ccccc2)C(=O)N[C@@H](C(C)C)C(=O)O[C@@H]1C. The van der Waals surface area contributed by atoms with Crippen molar-refractivity contribution in [1.29, 1.82) is 0 Å². The molecule has 2 aromatic rings. The van der Waals surface area contributed by atoms with Crippen LogP contribution < -0.4 is 16.0 Å². The van der Waals surface area contributed by atoms with Crippen molar-refractivity contribution in [1.82, 2.24) is 25.8 Å². The molecule has 4 rings (SSSR count). The third-order valence-electron chi connectivity index (χ3n) is 12.0. The molecule has 338 valence electrons. The van der Waals surface area contributed by atoms with Gasteiger partial charge in [-0.1, -0.05) is 102 Å². The van der Waals surface area contributed by atoms with Crippen LogP contribution in [0, 0.1) is 29.6 Å². The highest BCUT2D eigenvalue weighted by Gasteiger charge is 2.46. The van der Waals surface area contributed by atoms with Crippen molar-refractivity contribution in [2.24, 2.45) is 29.6 Å². The number of carbonyl (C=O) groups is 8. The van der Waals surface area contributed by atoms with Crippen LogP contribution in [0.5, 0.6) is 0 Å². The number of ether oxygens (including phenoxy) is 1. The first-order valence-corrected chi connectivity index (χ1v) is 21.7. The maximum absolute atomic E-state index is 14.9. The van der Waals surface area contributed by atoms with Gasteiger partial charge in [-0.2, -0.15) is 0 Å². The van der Waals surface area contributed by atoms with Gasteiger partial charge >= 0.3 is 5.97 Å². The molecule has 2 saturated heterocycles. The van der Waals surface area contributed by atoms with E-state index < -0.39 is 120 Å². The first-order chi connectivity index (χ1) is 29.2. The topological polar surface area (TPSA) is 209 Å². The lowest BCUT2D eigenvalue weighted by Gasteiger charge is -2.43. The van der Waals surface area contributed by atoms with Gasteiger partial charge in [0.25, 0.3) is 0 Å². The molecule has 0 aromatic heterocycles. The molecule has 4 N–H and O–H groups in total. The fraction of sp³-hybridized carbons (Fsp3) is 0.574. The molecule has 2 heterocycles. The standard InChI is InChI=1S/C47H65N5O10/c1-26(2)40-38(54)24-33-20-21-39(55)52(45(33)59)36(23-32-18-14-11-15-19-32)46(60)51(9)35(22-31-16-12-10-13-17-31)44(58)50-41(27(3)4)47(61)62-30(8)34(43(57)49-40)25-37(53)29(7)48-42(56)28(5)6/h10-19,26-30,33-36,39-41,55H,20-25H2,1-9H3,(H,48,56)(H,49,57)(H,50,58)/t29-,30+,33+,34-,35-,36-,39+,40-,41-/m0/s1. The summed E-state index contributed by atoms with van der Waals surface area (Å²) in [6, 6.07) is 12.0. The highest BCUT2D eigenvalue weighted by Crippen LogP contribution is 2.30. The van der Waals surface area contributed by atoms with E-state index in [2.05, 4.69) is 16.0 Å². The predicted octanol–water partition coefficient (Wildman–Crippen LogP) is 3.15. The van der Waals surface area contributed by atoms with Gasteiger partial charge in [0.2, 0.25) is 29.5 Å². The van der Waals surface area contributed by atoms with Crippen LogP contribution in [-0.2, 0) is 55.9 Å². The van der Waals surface area contributed by atoms with Crippen molar-refractivity contribution in [2.75, 3.05) is 7.05 Å². The zero-order valence-electron chi connectivity index (χ0n) is 37.5. The van der Waals surface area contributed by atoms with Crippen molar-refractivity contribution < 1.29 is 48.2 Å². The van der Waals surface area contributed by atoms with Crippen LogP contribution >= 0.6 is 0 Å². The molecule has 0 spiro atoms. The largest absolute Gasteiger partial charge is 0.460 e. The van der Waals surface area contributed by atoms with Gasteiger partial charge in [0, 0.05) is 44.6 Å². The number of ketones is 2. The lowest BCUT2D eigenvalue weighted by molar-refractivity contribution is -0.167. The molecule has 15 nitrogen and oxygen atoms in total. The van der Waals surface area contributed by atoms with Crippen molar-refractivity contribution in [3.05, 3.63) is 71.8 Å². The Hall–Kier alpha value is -5.44. The van der Waals surface area contributed by atoms with Gasteiger partial charge in [-0.05, 0) is 49.7 Å². The molecule has 2 aromatic carbocycles. The maximum atomic E-state index is 14.9. The predicted molar refractivity (Wildman–Crippen MR) is 230 cm³/mol. The third kappa shape index (κ3) is 12.6. The summed E-state index contributed by atoms with van der Waals surface area (Å²) >= 11 is 0. The van der Waals surface area contributed by atoms with E-state index in [9.17, 15) is 43.5 Å². The lowest BCUT2D eigenvalue weighted by atomic mass is 9.85. The quantitative estimate of drug-likeness (QED) is 0.243. The van der Waals surface area contributed by atoms with Gasteiger partial charge in [-0.15, -0.1) is 0 Å². The smallest absolute Gasteiger partial charge is 0.329 e. The molecule has 62 heavy (non-hydrogen) atoms. The number of aliphatic hydroxyl groups is 1. The normalized spacial score (nSPS) is 26.6. The molecule has 2 aliphatic rings. The van der Waals surface area contributed by atoms with Crippen LogP contribution in [-0.4, -0.2) is 112 Å². The summed E-state index contributed by atoms with van der Waals surface area (Å²) in [6.45, 7) is 13.1. The van der Waals surface area contributed by atoms with E-state index >= 15 is 0 Å². The van der Waals surface area contributed by atoms with Gasteiger partial charge in [-0.25, -0.2) is 4.79 Å². The van der Waals surface area contributed by atoms with Crippen molar-refractivity contribution in [3.63, 3.8) is 0 Å². The number of Topliss-reactive ketones (excluding diaryl/α,β-unsaturated/α-hetero) is 2. The molecule has 0 saturated carbocycles. The number of rotatable bonds is 11. The second kappa shape index (κ2) is 22.1. The third-order valence-corrected chi connectivity index (χ3v) is 12.0. The first-order valence-electron chi connectivity index (χ1n) is 21.7. The average Bonchev–Trinajstić information content (AvgIpc) is 3.22. The van der Waals surface area contributed by atoms with E-state index in [1.54, 1.807) is 96.1 Å². The summed E-state index contributed by atoms with van der Waals surface area (Å²) in [4.78, 5) is 115. The molecule has 9 atom stereocenters. The van der Waals surface area contributed by atoms with E-state index in [0.717, 1.165) is 4.90 Å². The number of fused-ring (bicyclic) bond motifs is 2. The Balaban J connectivity index is 1.85. The number of nitrogens with zero attached hydrogens (tertiary/aromatic N) is 2. The second-order valence-electron chi connectivity index (χ2n) is 17.8. The molecule has 0 radical (unpaired) electrons. The number of likely N-dealkylation sites (N-methyl/N-ethyl adjacent to an activating group) is 1. The number of hydrogen-bond donors (Lipinski definition) is 4. The van der Waals surface area contributed by atoms with Crippen LogP contribution in [0.4, 0.5) is 0 Å². The summed E-state index contributed by atoms with van der Waals surface area (Å²) in [7, 11) is 1.44. The molecule has 2 fully saturated rings. The number of carbonyl (C=O) groups excluding carboxylic acids is 8. The van der Waals surface area contributed by atoms with Crippen LogP contribution in [0.25, 0.3) is 0 Å². The number of amides is 5.